The number of nitro groups is 1. The van der Waals surface area contributed by atoms with Crippen LogP contribution in [0, 0.1) is 10.1 Å². The third-order valence-corrected chi connectivity index (χ3v) is 1.92. The van der Waals surface area contributed by atoms with Gasteiger partial charge in [-0.05, 0) is 17.2 Å². The number of nitro benzene ring substituents is 1. The molecule has 1 rings (SSSR count). The molecule has 0 saturated carbocycles. The van der Waals surface area contributed by atoms with Crippen LogP contribution in [0.5, 0.6) is 5.75 Å². The van der Waals surface area contributed by atoms with Gasteiger partial charge in [0.2, 0.25) is 0 Å². The Balaban J connectivity index is 2.98. The van der Waals surface area contributed by atoms with Crippen molar-refractivity contribution in [3.05, 3.63) is 50.4 Å². The fourth-order valence-electron chi connectivity index (χ4n) is 1.20. The van der Waals surface area contributed by atoms with Crippen LogP contribution >= 0.6 is 0 Å². The highest BCUT2D eigenvalue weighted by Crippen LogP contribution is 2.23. The highest BCUT2D eigenvalue weighted by atomic mass is 16.6. The van der Waals surface area contributed by atoms with Crippen molar-refractivity contribution in [3.63, 3.8) is 0 Å². The van der Waals surface area contributed by atoms with Gasteiger partial charge in [-0.25, -0.2) is 0 Å². The van der Waals surface area contributed by atoms with Crippen molar-refractivity contribution in [3.8, 4) is 5.75 Å². The zero-order chi connectivity index (χ0) is 12.7. The molecular formula is C10H10N4O3. The maximum absolute atomic E-state index is 10.7. The molecule has 0 aliphatic rings. The van der Waals surface area contributed by atoms with Gasteiger partial charge in [0.15, 0.2) is 0 Å². The number of ether oxygens (including phenoxy) is 1. The Kier molecular flexibility index (Phi) is 4.53. The Hall–Kier alpha value is -2.53. The van der Waals surface area contributed by atoms with Crippen molar-refractivity contribution in [2.24, 2.45) is 5.11 Å². The van der Waals surface area contributed by atoms with E-state index in [1.165, 1.54) is 19.2 Å². The summed E-state index contributed by atoms with van der Waals surface area (Å²) in [6.45, 7) is 0.196. The Bertz CT molecular complexity index is 492. The maximum Gasteiger partial charge on any atom is 0.273 e. The highest BCUT2D eigenvalue weighted by molar-refractivity contribution is 5.57. The zero-order valence-electron chi connectivity index (χ0n) is 9.11. The predicted molar refractivity (Wildman–Crippen MR) is 62.7 cm³/mol. The van der Waals surface area contributed by atoms with E-state index in [0.717, 1.165) is 0 Å². The molecule has 0 spiro atoms. The van der Waals surface area contributed by atoms with E-state index in [9.17, 15) is 10.1 Å². The lowest BCUT2D eigenvalue weighted by Crippen LogP contribution is -1.91. The largest absolute Gasteiger partial charge is 0.496 e. The van der Waals surface area contributed by atoms with Crippen LogP contribution in [0.15, 0.2) is 29.4 Å². The van der Waals surface area contributed by atoms with E-state index in [2.05, 4.69) is 10.0 Å². The van der Waals surface area contributed by atoms with E-state index >= 15 is 0 Å². The molecule has 0 amide bonds. The summed E-state index contributed by atoms with van der Waals surface area (Å²) in [6.07, 6.45) is 3.24. The second-order valence-electron chi connectivity index (χ2n) is 3.04. The van der Waals surface area contributed by atoms with Gasteiger partial charge in [-0.3, -0.25) is 10.1 Å². The van der Waals surface area contributed by atoms with Crippen molar-refractivity contribution in [2.75, 3.05) is 13.7 Å². The number of nitrogens with zero attached hydrogens (tertiary/aromatic N) is 4. The lowest BCUT2D eigenvalue weighted by molar-refractivity contribution is -0.384. The number of hydrogen-bond acceptors (Lipinski definition) is 4. The number of methoxy groups -OCH3 is 1. The van der Waals surface area contributed by atoms with Crippen LogP contribution in [0.1, 0.15) is 5.56 Å². The van der Waals surface area contributed by atoms with Crippen molar-refractivity contribution in [2.45, 2.75) is 0 Å². The van der Waals surface area contributed by atoms with Crippen LogP contribution in [0.3, 0.4) is 0 Å². The summed E-state index contributed by atoms with van der Waals surface area (Å²) in [5, 5.41) is 14.0. The quantitative estimate of drug-likeness (QED) is 0.257. The van der Waals surface area contributed by atoms with Crippen LogP contribution in [-0.2, 0) is 0 Å². The maximum atomic E-state index is 10.7. The Morgan fingerprint density at radius 3 is 2.94 bits per heavy atom. The van der Waals surface area contributed by atoms with Crippen LogP contribution < -0.4 is 4.74 Å². The van der Waals surface area contributed by atoms with E-state index in [1.807, 2.05) is 0 Å². The van der Waals surface area contributed by atoms with Gasteiger partial charge in [0.1, 0.15) is 5.75 Å². The minimum absolute atomic E-state index is 0.0483. The lowest BCUT2D eigenvalue weighted by Gasteiger charge is -2.01. The Morgan fingerprint density at radius 1 is 1.59 bits per heavy atom. The third kappa shape index (κ3) is 3.84. The third-order valence-electron chi connectivity index (χ3n) is 1.92. The number of non-ortho nitro benzene ring substituents is 1. The number of hydrogen-bond donors (Lipinski definition) is 0. The van der Waals surface area contributed by atoms with E-state index < -0.39 is 4.92 Å². The molecule has 17 heavy (non-hydrogen) atoms. The number of rotatable bonds is 5. The second-order valence-corrected chi connectivity index (χ2v) is 3.04. The SMILES string of the molecule is COc1cc(C=CCN=[N+]=[N-])cc([N+](=O)[O-])c1. The van der Waals surface area contributed by atoms with E-state index in [4.69, 9.17) is 10.3 Å². The standard InChI is InChI=1S/C10H10N4O3/c1-17-10-6-8(3-2-4-12-13-11)5-9(7-10)14(15)16/h2-3,5-7H,4H2,1H3. The summed E-state index contributed by atoms with van der Waals surface area (Å²) >= 11 is 0. The summed E-state index contributed by atoms with van der Waals surface area (Å²) in [4.78, 5) is 12.8. The topological polar surface area (TPSA) is 101 Å². The molecule has 0 fully saturated rings. The van der Waals surface area contributed by atoms with Gasteiger partial charge < -0.3 is 4.74 Å². The first-order chi connectivity index (χ1) is 8.17. The van der Waals surface area contributed by atoms with Crippen molar-refractivity contribution < 1.29 is 9.66 Å². The van der Waals surface area contributed by atoms with Gasteiger partial charge in [-0.2, -0.15) is 0 Å². The average Bonchev–Trinajstić information content (AvgIpc) is 2.34. The van der Waals surface area contributed by atoms with Crippen LogP contribution in [-0.4, -0.2) is 18.6 Å². The molecule has 0 aliphatic carbocycles. The molecule has 0 aromatic heterocycles. The first-order valence-corrected chi connectivity index (χ1v) is 4.68. The summed E-state index contributed by atoms with van der Waals surface area (Å²) < 4.78 is 4.95. The average molecular weight is 234 g/mol. The smallest absolute Gasteiger partial charge is 0.273 e. The van der Waals surface area contributed by atoms with Crippen LogP contribution in [0.4, 0.5) is 5.69 Å². The van der Waals surface area contributed by atoms with Crippen LogP contribution in [0.2, 0.25) is 0 Å². The number of benzene rings is 1. The molecule has 1 aromatic rings. The first-order valence-electron chi connectivity index (χ1n) is 4.68. The van der Waals surface area contributed by atoms with E-state index in [0.29, 0.717) is 11.3 Å². The van der Waals surface area contributed by atoms with Crippen molar-refractivity contribution in [1.29, 1.82) is 0 Å². The van der Waals surface area contributed by atoms with Gasteiger partial charge in [-0.1, -0.05) is 17.3 Å². The van der Waals surface area contributed by atoms with Gasteiger partial charge in [0, 0.05) is 17.5 Å². The summed E-state index contributed by atoms with van der Waals surface area (Å²) in [6, 6.07) is 4.40. The Morgan fingerprint density at radius 2 is 2.35 bits per heavy atom. The molecule has 0 N–H and O–H groups in total. The molecule has 0 radical (unpaired) electrons. The van der Waals surface area contributed by atoms with E-state index in [1.54, 1.807) is 18.2 Å². The minimum atomic E-state index is -0.493. The van der Waals surface area contributed by atoms with Crippen molar-refractivity contribution >= 4 is 11.8 Å². The highest BCUT2D eigenvalue weighted by Gasteiger charge is 2.08. The minimum Gasteiger partial charge on any atom is -0.496 e. The fourth-order valence-corrected chi connectivity index (χ4v) is 1.20. The molecule has 0 bridgehead atoms. The molecule has 0 atom stereocenters. The van der Waals surface area contributed by atoms with Gasteiger partial charge in [0.05, 0.1) is 18.1 Å². The lowest BCUT2D eigenvalue weighted by atomic mass is 10.1. The zero-order valence-corrected chi connectivity index (χ0v) is 9.11. The fraction of sp³-hybridized carbons (Fsp3) is 0.200. The van der Waals surface area contributed by atoms with Crippen molar-refractivity contribution in [1.82, 2.24) is 0 Å². The molecule has 0 aliphatic heterocycles. The monoisotopic (exact) mass is 234 g/mol. The Labute approximate surface area is 97.1 Å². The molecule has 7 nitrogen and oxygen atoms in total. The molecule has 7 heteroatoms. The van der Waals surface area contributed by atoms with Gasteiger partial charge in [-0.15, -0.1) is 0 Å². The number of azide groups is 1. The molecule has 1 aromatic carbocycles. The summed E-state index contributed by atoms with van der Waals surface area (Å²) in [5.74, 6) is 0.405. The van der Waals surface area contributed by atoms with Gasteiger partial charge >= 0.3 is 0 Å². The summed E-state index contributed by atoms with van der Waals surface area (Å²) in [7, 11) is 1.44. The van der Waals surface area contributed by atoms with E-state index in [-0.39, 0.29) is 12.2 Å². The molecular weight excluding hydrogens is 224 g/mol. The predicted octanol–water partition coefficient (Wildman–Crippen LogP) is 2.93. The molecule has 88 valence electrons. The van der Waals surface area contributed by atoms with Crippen LogP contribution in [0.25, 0.3) is 16.5 Å². The van der Waals surface area contributed by atoms with Gasteiger partial charge in [0.25, 0.3) is 5.69 Å². The second kappa shape index (κ2) is 6.14. The molecule has 0 saturated heterocycles. The summed E-state index contributed by atoms with van der Waals surface area (Å²) in [5.41, 5.74) is 8.64. The molecule has 0 heterocycles. The molecule has 0 unspecified atom stereocenters. The first kappa shape index (κ1) is 12.5. The normalized spacial score (nSPS) is 9.94.